The van der Waals surface area contributed by atoms with Crippen molar-refractivity contribution in [3.05, 3.63) is 47.2 Å². The smallest absolute Gasteiger partial charge is 0.265 e. The molecule has 1 heterocycles. The average molecular weight is 313 g/mol. The van der Waals surface area contributed by atoms with Gasteiger partial charge in [-0.15, -0.1) is 0 Å². The molecule has 0 saturated carbocycles. The van der Waals surface area contributed by atoms with Crippen LogP contribution in [-0.2, 0) is 17.9 Å². The topological polar surface area (TPSA) is 76.4 Å². The molecule has 0 bridgehead atoms. The molecule has 1 aromatic rings. The highest BCUT2D eigenvalue weighted by Crippen LogP contribution is 2.17. The van der Waals surface area contributed by atoms with Crippen molar-refractivity contribution in [3.8, 4) is 6.07 Å². The average Bonchev–Trinajstić information content (AvgIpc) is 2.59. The van der Waals surface area contributed by atoms with Crippen LogP contribution in [0.4, 0.5) is 0 Å². The van der Waals surface area contributed by atoms with E-state index in [0.717, 1.165) is 37.1 Å². The van der Waals surface area contributed by atoms with E-state index in [2.05, 4.69) is 12.2 Å². The van der Waals surface area contributed by atoms with Crippen molar-refractivity contribution < 1.29 is 9.90 Å². The first-order valence-electron chi connectivity index (χ1n) is 7.95. The van der Waals surface area contributed by atoms with Gasteiger partial charge in [-0.3, -0.25) is 4.79 Å². The molecule has 23 heavy (non-hydrogen) atoms. The van der Waals surface area contributed by atoms with Crippen molar-refractivity contribution in [1.82, 2.24) is 10.2 Å². The molecule has 1 amide bonds. The lowest BCUT2D eigenvalue weighted by atomic mass is 9.99. The van der Waals surface area contributed by atoms with Gasteiger partial charge >= 0.3 is 0 Å². The number of nitrogens with zero attached hydrogens (tertiary/aromatic N) is 2. The fraction of sp³-hybridized carbons (Fsp3) is 0.444. The van der Waals surface area contributed by atoms with E-state index in [1.54, 1.807) is 4.90 Å². The number of likely N-dealkylation sites (tertiary alicyclic amines) is 1. The summed E-state index contributed by atoms with van der Waals surface area (Å²) in [5, 5.41) is 21.2. The zero-order chi connectivity index (χ0) is 16.7. The number of hydrogen-bond donors (Lipinski definition) is 2. The minimum atomic E-state index is -0.192. The highest BCUT2D eigenvalue weighted by atomic mass is 16.3. The molecule has 1 fully saturated rings. The van der Waals surface area contributed by atoms with Crippen LogP contribution in [0.15, 0.2) is 36.0 Å². The van der Waals surface area contributed by atoms with E-state index >= 15 is 0 Å². The number of carbonyl (C=O) groups excluding carboxylic acids is 1. The predicted octanol–water partition coefficient (Wildman–Crippen LogP) is 1.93. The lowest BCUT2D eigenvalue weighted by molar-refractivity contribution is -0.128. The summed E-state index contributed by atoms with van der Waals surface area (Å²) in [6.45, 7) is 4.19. The number of nitrogens with one attached hydrogen (secondary N) is 1. The van der Waals surface area contributed by atoms with E-state index in [0.29, 0.717) is 12.5 Å². The first kappa shape index (κ1) is 17.0. The second-order valence-corrected chi connectivity index (χ2v) is 6.00. The Bertz CT molecular complexity index is 594. The summed E-state index contributed by atoms with van der Waals surface area (Å²) in [5.41, 5.74) is 2.03. The van der Waals surface area contributed by atoms with Crippen molar-refractivity contribution in [3.63, 3.8) is 0 Å². The molecular formula is C18H23N3O2. The van der Waals surface area contributed by atoms with Crippen LogP contribution in [0.2, 0.25) is 0 Å². The van der Waals surface area contributed by atoms with Crippen molar-refractivity contribution in [2.24, 2.45) is 5.92 Å². The Morgan fingerprint density at radius 2 is 1.96 bits per heavy atom. The van der Waals surface area contributed by atoms with E-state index < -0.39 is 0 Å². The van der Waals surface area contributed by atoms with Crippen LogP contribution in [0.5, 0.6) is 0 Å². The Hall–Kier alpha value is -2.32. The SMILES string of the molecule is CC1CCN(C(=O)/C(C#N)=C\NCc2ccc(CO)cc2)CC1. The Morgan fingerprint density at radius 3 is 2.52 bits per heavy atom. The second kappa shape index (κ2) is 8.35. The first-order chi connectivity index (χ1) is 11.1. The first-order valence-corrected chi connectivity index (χ1v) is 7.95. The Balaban J connectivity index is 1.90. The molecule has 5 nitrogen and oxygen atoms in total. The van der Waals surface area contributed by atoms with Crippen LogP contribution in [0, 0.1) is 17.2 Å². The van der Waals surface area contributed by atoms with Gasteiger partial charge in [-0.05, 0) is 29.9 Å². The maximum atomic E-state index is 12.3. The molecule has 0 aromatic heterocycles. The third-order valence-corrected chi connectivity index (χ3v) is 4.18. The molecule has 0 spiro atoms. The number of rotatable bonds is 5. The van der Waals surface area contributed by atoms with Gasteiger partial charge in [0.1, 0.15) is 11.6 Å². The Kier molecular flexibility index (Phi) is 6.19. The highest BCUT2D eigenvalue weighted by Gasteiger charge is 2.22. The number of amides is 1. The number of carbonyl (C=O) groups is 1. The lowest BCUT2D eigenvalue weighted by Gasteiger charge is -2.30. The number of aliphatic hydroxyl groups excluding tert-OH is 1. The van der Waals surface area contributed by atoms with Gasteiger partial charge in [-0.2, -0.15) is 5.26 Å². The summed E-state index contributed by atoms with van der Waals surface area (Å²) in [5.74, 6) is 0.455. The number of piperidine rings is 1. The zero-order valence-electron chi connectivity index (χ0n) is 13.5. The zero-order valence-corrected chi connectivity index (χ0v) is 13.5. The van der Waals surface area contributed by atoms with E-state index in [1.165, 1.54) is 6.20 Å². The fourth-order valence-electron chi connectivity index (χ4n) is 2.56. The highest BCUT2D eigenvalue weighted by molar-refractivity contribution is 5.97. The van der Waals surface area contributed by atoms with Crippen LogP contribution < -0.4 is 5.32 Å². The van der Waals surface area contributed by atoms with Gasteiger partial charge in [-0.1, -0.05) is 31.2 Å². The number of hydrogen-bond acceptors (Lipinski definition) is 4. The van der Waals surface area contributed by atoms with Crippen molar-refractivity contribution >= 4 is 5.91 Å². The normalized spacial score (nSPS) is 16.0. The standard InChI is InChI=1S/C18H23N3O2/c1-14-6-8-21(9-7-14)18(23)17(10-19)12-20-11-15-2-4-16(13-22)5-3-15/h2-5,12,14,20,22H,6-9,11,13H2,1H3/b17-12-. The molecule has 5 heteroatoms. The summed E-state index contributed by atoms with van der Waals surface area (Å²) in [4.78, 5) is 14.1. The molecule has 0 aliphatic carbocycles. The van der Waals surface area contributed by atoms with Crippen molar-refractivity contribution in [2.75, 3.05) is 13.1 Å². The van der Waals surface area contributed by atoms with Gasteiger partial charge in [0.25, 0.3) is 5.91 Å². The third kappa shape index (κ3) is 4.83. The molecule has 122 valence electrons. The van der Waals surface area contributed by atoms with Crippen LogP contribution >= 0.6 is 0 Å². The second-order valence-electron chi connectivity index (χ2n) is 6.00. The van der Waals surface area contributed by atoms with Gasteiger partial charge in [0.05, 0.1) is 6.61 Å². The van der Waals surface area contributed by atoms with Crippen LogP contribution in [-0.4, -0.2) is 29.0 Å². The molecule has 0 unspecified atom stereocenters. The van der Waals surface area contributed by atoms with Gasteiger partial charge in [-0.25, -0.2) is 0 Å². The Labute approximate surface area is 137 Å². The third-order valence-electron chi connectivity index (χ3n) is 4.18. The summed E-state index contributed by atoms with van der Waals surface area (Å²) < 4.78 is 0. The summed E-state index contributed by atoms with van der Waals surface area (Å²) in [7, 11) is 0. The van der Waals surface area contributed by atoms with Crippen molar-refractivity contribution in [2.45, 2.75) is 32.9 Å². The monoisotopic (exact) mass is 313 g/mol. The Morgan fingerprint density at radius 1 is 1.35 bits per heavy atom. The van der Waals surface area contributed by atoms with E-state index in [-0.39, 0.29) is 18.1 Å². The summed E-state index contributed by atoms with van der Waals surface area (Å²) >= 11 is 0. The van der Waals surface area contributed by atoms with Crippen LogP contribution in [0.3, 0.4) is 0 Å². The molecule has 2 rings (SSSR count). The summed E-state index contributed by atoms with van der Waals surface area (Å²) in [6.07, 6.45) is 3.49. The molecule has 2 N–H and O–H groups in total. The lowest BCUT2D eigenvalue weighted by Crippen LogP contribution is -2.38. The van der Waals surface area contributed by atoms with E-state index in [1.807, 2.05) is 30.3 Å². The quantitative estimate of drug-likeness (QED) is 0.643. The molecule has 1 aliphatic heterocycles. The van der Waals surface area contributed by atoms with E-state index in [9.17, 15) is 10.1 Å². The largest absolute Gasteiger partial charge is 0.392 e. The van der Waals surface area contributed by atoms with Crippen LogP contribution in [0.1, 0.15) is 30.9 Å². The number of aliphatic hydroxyl groups is 1. The molecule has 0 radical (unpaired) electrons. The van der Waals surface area contributed by atoms with Crippen LogP contribution in [0.25, 0.3) is 0 Å². The van der Waals surface area contributed by atoms with Gasteiger partial charge in [0, 0.05) is 25.8 Å². The minimum Gasteiger partial charge on any atom is -0.392 e. The molecule has 1 saturated heterocycles. The fourth-order valence-corrected chi connectivity index (χ4v) is 2.56. The van der Waals surface area contributed by atoms with Gasteiger partial charge in [0.2, 0.25) is 0 Å². The number of nitriles is 1. The minimum absolute atomic E-state index is 0.0230. The van der Waals surface area contributed by atoms with Gasteiger partial charge in [0.15, 0.2) is 0 Å². The van der Waals surface area contributed by atoms with E-state index in [4.69, 9.17) is 5.11 Å². The molecule has 1 aliphatic rings. The molecule has 1 aromatic carbocycles. The maximum absolute atomic E-state index is 12.3. The van der Waals surface area contributed by atoms with Gasteiger partial charge < -0.3 is 15.3 Å². The summed E-state index contributed by atoms with van der Waals surface area (Å²) in [6, 6.07) is 9.51. The predicted molar refractivity (Wildman–Crippen MR) is 87.9 cm³/mol. The molecular weight excluding hydrogens is 290 g/mol. The van der Waals surface area contributed by atoms with Crippen molar-refractivity contribution in [1.29, 1.82) is 5.26 Å². The maximum Gasteiger partial charge on any atom is 0.265 e. The number of benzene rings is 1. The molecule has 0 atom stereocenters.